The van der Waals surface area contributed by atoms with E-state index in [0.29, 0.717) is 11.7 Å². The first-order valence-corrected chi connectivity index (χ1v) is 6.32. The Bertz CT molecular complexity index is 674. The topological polar surface area (TPSA) is 50.7 Å². The van der Waals surface area contributed by atoms with Gasteiger partial charge in [-0.2, -0.15) is 0 Å². The molecule has 4 heteroatoms. The number of benzene rings is 2. The average molecular weight is 300 g/mol. The van der Waals surface area contributed by atoms with E-state index in [2.05, 4.69) is 25.9 Å². The van der Waals surface area contributed by atoms with E-state index in [9.17, 15) is 0 Å². The minimum atomic E-state index is 0.524. The molecule has 1 aliphatic rings. The number of nitrogens with zero attached hydrogens (tertiary/aromatic N) is 2. The summed E-state index contributed by atoms with van der Waals surface area (Å²) in [5.74, 6) is 1.19. The molecule has 1 heterocycles. The van der Waals surface area contributed by atoms with Crippen LogP contribution in [0.25, 0.3) is 0 Å². The Morgan fingerprint density at radius 3 is 2.39 bits per heavy atom. The zero-order valence-electron chi connectivity index (χ0n) is 9.47. The third-order valence-corrected chi connectivity index (χ3v) is 3.42. The second-order valence-corrected chi connectivity index (χ2v) is 4.78. The molecule has 0 saturated heterocycles. The molecule has 3 rings (SSSR count). The monoisotopic (exact) mass is 299 g/mol. The van der Waals surface area contributed by atoms with Gasteiger partial charge in [0.05, 0.1) is 5.69 Å². The van der Waals surface area contributed by atoms with E-state index in [1.807, 2.05) is 48.5 Å². The number of amidine groups is 2. The van der Waals surface area contributed by atoms with Crippen molar-refractivity contribution in [3.63, 3.8) is 0 Å². The Hall–Kier alpha value is -1.94. The largest absolute Gasteiger partial charge is 0.383 e. The second-order valence-electron chi connectivity index (χ2n) is 3.93. The number of nitrogens with two attached hydrogens (primary N) is 1. The highest BCUT2D eigenvalue weighted by Crippen LogP contribution is 2.27. The van der Waals surface area contributed by atoms with Gasteiger partial charge in [0.2, 0.25) is 0 Å². The van der Waals surface area contributed by atoms with Crippen molar-refractivity contribution >= 4 is 33.3 Å². The molecule has 2 aromatic carbocycles. The van der Waals surface area contributed by atoms with Crippen LogP contribution in [0.2, 0.25) is 0 Å². The lowest BCUT2D eigenvalue weighted by atomic mass is 10.1. The first kappa shape index (κ1) is 11.2. The smallest absolute Gasteiger partial charge is 0.162 e. The Morgan fingerprint density at radius 1 is 0.944 bits per heavy atom. The van der Waals surface area contributed by atoms with Crippen LogP contribution in [-0.2, 0) is 0 Å². The van der Waals surface area contributed by atoms with E-state index in [-0.39, 0.29) is 0 Å². The van der Waals surface area contributed by atoms with Crippen LogP contribution in [0.15, 0.2) is 63.0 Å². The van der Waals surface area contributed by atoms with Gasteiger partial charge in [-0.1, -0.05) is 36.4 Å². The lowest BCUT2D eigenvalue weighted by Gasteiger charge is -2.00. The van der Waals surface area contributed by atoms with Crippen molar-refractivity contribution in [2.45, 2.75) is 0 Å². The summed E-state index contributed by atoms with van der Waals surface area (Å²) < 4.78 is 0.940. The van der Waals surface area contributed by atoms with Crippen LogP contribution in [0.1, 0.15) is 11.1 Å². The number of aliphatic imine (C=N–C) groups is 2. The molecule has 2 N–H and O–H groups in total. The lowest BCUT2D eigenvalue weighted by Crippen LogP contribution is -2.09. The molecule has 0 bridgehead atoms. The summed E-state index contributed by atoms with van der Waals surface area (Å²) in [5.41, 5.74) is 8.66. The Morgan fingerprint density at radius 2 is 1.61 bits per heavy atom. The van der Waals surface area contributed by atoms with Crippen LogP contribution < -0.4 is 5.73 Å². The van der Waals surface area contributed by atoms with Gasteiger partial charge in [-0.15, -0.1) is 0 Å². The van der Waals surface area contributed by atoms with Crippen LogP contribution >= 0.6 is 15.9 Å². The predicted molar refractivity (Wildman–Crippen MR) is 77.5 cm³/mol. The highest BCUT2D eigenvalue weighted by Gasteiger charge is 2.18. The van der Waals surface area contributed by atoms with Crippen molar-refractivity contribution in [3.8, 4) is 0 Å². The zero-order chi connectivity index (χ0) is 12.5. The SMILES string of the molecule is NC1=NC(=Nc2ccccc2Br)c2ccccc21. The first-order valence-electron chi connectivity index (χ1n) is 5.53. The number of fused-ring (bicyclic) bond motifs is 1. The van der Waals surface area contributed by atoms with Crippen molar-refractivity contribution in [2.24, 2.45) is 15.7 Å². The third-order valence-electron chi connectivity index (χ3n) is 2.75. The van der Waals surface area contributed by atoms with Gasteiger partial charge >= 0.3 is 0 Å². The van der Waals surface area contributed by atoms with E-state index < -0.39 is 0 Å². The Kier molecular flexibility index (Phi) is 2.72. The van der Waals surface area contributed by atoms with Crippen molar-refractivity contribution in [3.05, 3.63) is 64.1 Å². The maximum atomic E-state index is 5.89. The van der Waals surface area contributed by atoms with Gasteiger partial charge in [0.25, 0.3) is 0 Å². The molecule has 0 saturated carbocycles. The van der Waals surface area contributed by atoms with E-state index in [1.165, 1.54) is 0 Å². The van der Waals surface area contributed by atoms with Crippen LogP contribution in [0.5, 0.6) is 0 Å². The quantitative estimate of drug-likeness (QED) is 0.863. The van der Waals surface area contributed by atoms with E-state index in [1.54, 1.807) is 0 Å². The third kappa shape index (κ3) is 1.84. The molecule has 0 aromatic heterocycles. The van der Waals surface area contributed by atoms with Crippen molar-refractivity contribution in [1.29, 1.82) is 0 Å². The first-order chi connectivity index (χ1) is 8.75. The van der Waals surface area contributed by atoms with Gasteiger partial charge < -0.3 is 5.73 Å². The fourth-order valence-corrected chi connectivity index (χ4v) is 2.25. The average Bonchev–Trinajstić information content (AvgIpc) is 2.70. The number of rotatable bonds is 1. The summed E-state index contributed by atoms with van der Waals surface area (Å²) in [6, 6.07) is 15.6. The molecule has 0 fully saturated rings. The number of hydrogen-bond acceptors (Lipinski definition) is 2. The summed E-state index contributed by atoms with van der Waals surface area (Å²) >= 11 is 3.47. The van der Waals surface area contributed by atoms with Gasteiger partial charge in [0.1, 0.15) is 5.84 Å². The maximum Gasteiger partial charge on any atom is 0.162 e. The molecule has 0 unspecified atom stereocenters. The molecule has 3 nitrogen and oxygen atoms in total. The molecular formula is C14H10BrN3. The van der Waals surface area contributed by atoms with Crippen LogP contribution in [-0.4, -0.2) is 11.7 Å². The standard InChI is InChI=1S/C14H10BrN3/c15-11-7-3-4-8-12(11)17-14-10-6-2-1-5-9(10)13(16)18-14/h1-8H,(H2,16,17,18). The van der Waals surface area contributed by atoms with E-state index in [0.717, 1.165) is 21.3 Å². The molecular weight excluding hydrogens is 290 g/mol. The minimum absolute atomic E-state index is 0.524. The van der Waals surface area contributed by atoms with Gasteiger partial charge in [-0.25, -0.2) is 9.98 Å². The summed E-state index contributed by atoms with van der Waals surface area (Å²) in [6.07, 6.45) is 0. The normalized spacial score (nSPS) is 15.6. The van der Waals surface area contributed by atoms with Crippen molar-refractivity contribution in [1.82, 2.24) is 0 Å². The number of halogens is 1. The fourth-order valence-electron chi connectivity index (χ4n) is 1.88. The highest BCUT2D eigenvalue weighted by molar-refractivity contribution is 9.10. The van der Waals surface area contributed by atoms with Gasteiger partial charge in [-0.3, -0.25) is 0 Å². The number of hydrogen-bond donors (Lipinski definition) is 1. The van der Waals surface area contributed by atoms with Crippen molar-refractivity contribution in [2.75, 3.05) is 0 Å². The molecule has 0 radical (unpaired) electrons. The summed E-state index contributed by atoms with van der Waals surface area (Å²) in [4.78, 5) is 8.87. The van der Waals surface area contributed by atoms with Gasteiger partial charge in [0, 0.05) is 15.6 Å². The molecule has 2 aromatic rings. The van der Waals surface area contributed by atoms with Crippen molar-refractivity contribution < 1.29 is 0 Å². The summed E-state index contributed by atoms with van der Waals surface area (Å²) in [7, 11) is 0. The zero-order valence-corrected chi connectivity index (χ0v) is 11.1. The van der Waals surface area contributed by atoms with Gasteiger partial charge in [-0.05, 0) is 28.1 Å². The predicted octanol–water partition coefficient (Wildman–Crippen LogP) is 3.25. The molecule has 88 valence electrons. The van der Waals surface area contributed by atoms with Crippen LogP contribution in [0.3, 0.4) is 0 Å². The highest BCUT2D eigenvalue weighted by atomic mass is 79.9. The molecule has 0 amide bonds. The maximum absolute atomic E-state index is 5.89. The lowest BCUT2D eigenvalue weighted by molar-refractivity contribution is 1.45. The molecule has 18 heavy (non-hydrogen) atoms. The summed E-state index contributed by atoms with van der Waals surface area (Å²) in [6.45, 7) is 0. The number of para-hydroxylation sites is 1. The minimum Gasteiger partial charge on any atom is -0.383 e. The summed E-state index contributed by atoms with van der Waals surface area (Å²) in [5, 5.41) is 0. The molecule has 0 atom stereocenters. The Labute approximate surface area is 113 Å². The fraction of sp³-hybridized carbons (Fsp3) is 0. The molecule has 0 spiro atoms. The molecule has 0 aliphatic carbocycles. The van der Waals surface area contributed by atoms with Crippen LogP contribution in [0, 0.1) is 0 Å². The van der Waals surface area contributed by atoms with Gasteiger partial charge in [0.15, 0.2) is 5.84 Å². The van der Waals surface area contributed by atoms with Crippen LogP contribution in [0.4, 0.5) is 5.69 Å². The second kappa shape index (κ2) is 4.38. The molecule has 1 aliphatic heterocycles. The Balaban J connectivity index is 2.13. The van der Waals surface area contributed by atoms with E-state index in [4.69, 9.17) is 5.73 Å². The van der Waals surface area contributed by atoms with E-state index >= 15 is 0 Å².